The third kappa shape index (κ3) is 4.85. The molecule has 3 N–H and O–H groups in total. The first-order chi connectivity index (χ1) is 8.52. The van der Waals surface area contributed by atoms with E-state index in [0.29, 0.717) is 19.1 Å². The van der Waals surface area contributed by atoms with Crippen LogP contribution in [0.1, 0.15) is 26.3 Å². The molecule has 0 aromatic heterocycles. The SMILES string of the molecule is CC(C)COC(C)C(=O)Nc1ccc(CN)cc1. The number of anilines is 1. The van der Waals surface area contributed by atoms with E-state index in [9.17, 15) is 4.79 Å². The van der Waals surface area contributed by atoms with Crippen LogP contribution in [-0.4, -0.2) is 18.6 Å². The maximum atomic E-state index is 11.8. The normalized spacial score (nSPS) is 12.5. The van der Waals surface area contributed by atoms with E-state index in [0.717, 1.165) is 11.3 Å². The van der Waals surface area contributed by atoms with Gasteiger partial charge in [0.25, 0.3) is 5.91 Å². The van der Waals surface area contributed by atoms with E-state index in [-0.39, 0.29) is 5.91 Å². The zero-order valence-electron chi connectivity index (χ0n) is 11.3. The minimum Gasteiger partial charge on any atom is -0.368 e. The van der Waals surface area contributed by atoms with Crippen LogP contribution in [0.4, 0.5) is 5.69 Å². The predicted octanol–water partition coefficient (Wildman–Crippen LogP) is 2.14. The Kier molecular flexibility index (Phi) is 5.82. The van der Waals surface area contributed by atoms with Crippen molar-refractivity contribution in [2.45, 2.75) is 33.4 Å². The molecule has 1 aromatic rings. The van der Waals surface area contributed by atoms with Gasteiger partial charge in [-0.1, -0.05) is 26.0 Å². The Morgan fingerprint density at radius 3 is 2.39 bits per heavy atom. The molecule has 1 atom stereocenters. The van der Waals surface area contributed by atoms with Gasteiger partial charge in [0.15, 0.2) is 0 Å². The summed E-state index contributed by atoms with van der Waals surface area (Å²) in [7, 11) is 0. The summed E-state index contributed by atoms with van der Waals surface area (Å²) in [6.07, 6.45) is -0.443. The van der Waals surface area contributed by atoms with E-state index < -0.39 is 6.10 Å². The first-order valence-electron chi connectivity index (χ1n) is 6.24. The molecular weight excluding hydrogens is 228 g/mol. The number of hydrogen-bond donors (Lipinski definition) is 2. The zero-order valence-corrected chi connectivity index (χ0v) is 11.3. The molecule has 0 fully saturated rings. The number of carbonyl (C=O) groups is 1. The maximum Gasteiger partial charge on any atom is 0.253 e. The van der Waals surface area contributed by atoms with E-state index in [1.807, 2.05) is 24.3 Å². The number of benzene rings is 1. The van der Waals surface area contributed by atoms with Crippen molar-refractivity contribution in [3.8, 4) is 0 Å². The first-order valence-corrected chi connectivity index (χ1v) is 6.24. The fourth-order valence-electron chi connectivity index (χ4n) is 1.38. The minimum absolute atomic E-state index is 0.129. The summed E-state index contributed by atoms with van der Waals surface area (Å²) in [6, 6.07) is 7.48. The zero-order chi connectivity index (χ0) is 13.5. The van der Waals surface area contributed by atoms with Crippen LogP contribution >= 0.6 is 0 Å². The molecule has 4 heteroatoms. The largest absolute Gasteiger partial charge is 0.368 e. The van der Waals surface area contributed by atoms with Crippen LogP contribution in [0.2, 0.25) is 0 Å². The van der Waals surface area contributed by atoms with Gasteiger partial charge in [0.1, 0.15) is 6.10 Å². The highest BCUT2D eigenvalue weighted by Crippen LogP contribution is 2.10. The molecule has 0 aliphatic carbocycles. The van der Waals surface area contributed by atoms with Crippen LogP contribution in [0.5, 0.6) is 0 Å². The Balaban J connectivity index is 2.47. The number of amides is 1. The maximum absolute atomic E-state index is 11.8. The summed E-state index contributed by atoms with van der Waals surface area (Å²) in [4.78, 5) is 11.8. The van der Waals surface area contributed by atoms with E-state index in [4.69, 9.17) is 10.5 Å². The number of carbonyl (C=O) groups excluding carboxylic acids is 1. The predicted molar refractivity (Wildman–Crippen MR) is 73.2 cm³/mol. The summed E-state index contributed by atoms with van der Waals surface area (Å²) < 4.78 is 5.45. The Bertz CT molecular complexity index is 374. The number of ether oxygens (including phenoxy) is 1. The highest BCUT2D eigenvalue weighted by atomic mass is 16.5. The smallest absolute Gasteiger partial charge is 0.253 e. The molecule has 0 bridgehead atoms. The Labute approximate surface area is 109 Å². The van der Waals surface area contributed by atoms with Gasteiger partial charge in [-0.15, -0.1) is 0 Å². The Morgan fingerprint density at radius 1 is 1.28 bits per heavy atom. The number of rotatable bonds is 6. The van der Waals surface area contributed by atoms with Gasteiger partial charge in [-0.05, 0) is 30.5 Å². The fraction of sp³-hybridized carbons (Fsp3) is 0.500. The molecule has 1 unspecified atom stereocenters. The van der Waals surface area contributed by atoms with Crippen LogP contribution in [0.15, 0.2) is 24.3 Å². The summed E-state index contributed by atoms with van der Waals surface area (Å²) >= 11 is 0. The van der Waals surface area contributed by atoms with Gasteiger partial charge in [-0.2, -0.15) is 0 Å². The van der Waals surface area contributed by atoms with E-state index in [1.165, 1.54) is 0 Å². The number of nitrogens with one attached hydrogen (secondary N) is 1. The molecule has 1 rings (SSSR count). The quantitative estimate of drug-likeness (QED) is 0.813. The summed E-state index contributed by atoms with van der Waals surface area (Å²) in [6.45, 7) is 6.95. The van der Waals surface area contributed by atoms with Gasteiger partial charge >= 0.3 is 0 Å². The second-order valence-electron chi connectivity index (χ2n) is 4.76. The second kappa shape index (κ2) is 7.13. The first kappa shape index (κ1) is 14.7. The molecule has 0 aliphatic rings. The molecule has 0 saturated heterocycles. The Hall–Kier alpha value is -1.39. The van der Waals surface area contributed by atoms with Gasteiger partial charge in [0, 0.05) is 18.8 Å². The molecule has 0 heterocycles. The fourth-order valence-corrected chi connectivity index (χ4v) is 1.38. The van der Waals surface area contributed by atoms with Crippen molar-refractivity contribution < 1.29 is 9.53 Å². The lowest BCUT2D eigenvalue weighted by molar-refractivity contribution is -0.126. The van der Waals surface area contributed by atoms with Gasteiger partial charge < -0.3 is 15.8 Å². The van der Waals surface area contributed by atoms with Crippen molar-refractivity contribution in [1.29, 1.82) is 0 Å². The van der Waals surface area contributed by atoms with Crippen LogP contribution in [-0.2, 0) is 16.1 Å². The van der Waals surface area contributed by atoms with Gasteiger partial charge in [-0.3, -0.25) is 4.79 Å². The average molecular weight is 250 g/mol. The topological polar surface area (TPSA) is 64.3 Å². The number of nitrogens with two attached hydrogens (primary N) is 1. The molecule has 0 radical (unpaired) electrons. The van der Waals surface area contributed by atoms with Crippen LogP contribution in [0.25, 0.3) is 0 Å². The second-order valence-corrected chi connectivity index (χ2v) is 4.76. The summed E-state index contributed by atoms with van der Waals surface area (Å²) in [5.74, 6) is 0.292. The molecular formula is C14H22N2O2. The average Bonchev–Trinajstić information content (AvgIpc) is 2.36. The molecule has 0 spiro atoms. The molecule has 0 saturated carbocycles. The highest BCUT2D eigenvalue weighted by molar-refractivity contribution is 5.93. The molecule has 18 heavy (non-hydrogen) atoms. The molecule has 1 amide bonds. The van der Waals surface area contributed by atoms with Crippen LogP contribution in [0, 0.1) is 5.92 Å². The van der Waals surface area contributed by atoms with Crippen molar-refractivity contribution in [2.75, 3.05) is 11.9 Å². The molecule has 4 nitrogen and oxygen atoms in total. The van der Waals surface area contributed by atoms with Crippen molar-refractivity contribution in [3.63, 3.8) is 0 Å². The standard InChI is InChI=1S/C14H22N2O2/c1-10(2)9-18-11(3)14(17)16-13-6-4-12(8-15)5-7-13/h4-7,10-11H,8-9,15H2,1-3H3,(H,16,17). The lowest BCUT2D eigenvalue weighted by Gasteiger charge is -2.14. The molecule has 1 aromatic carbocycles. The van der Waals surface area contributed by atoms with Gasteiger partial charge in [-0.25, -0.2) is 0 Å². The summed E-state index contributed by atoms with van der Waals surface area (Å²) in [5, 5.41) is 2.81. The van der Waals surface area contributed by atoms with Gasteiger partial charge in [0.2, 0.25) is 0 Å². The lowest BCUT2D eigenvalue weighted by Crippen LogP contribution is -2.28. The van der Waals surface area contributed by atoms with Crippen molar-refractivity contribution >= 4 is 11.6 Å². The van der Waals surface area contributed by atoms with E-state index >= 15 is 0 Å². The third-order valence-electron chi connectivity index (χ3n) is 2.51. The lowest BCUT2D eigenvalue weighted by atomic mass is 10.2. The van der Waals surface area contributed by atoms with E-state index in [2.05, 4.69) is 19.2 Å². The van der Waals surface area contributed by atoms with Crippen LogP contribution in [0.3, 0.4) is 0 Å². The summed E-state index contributed by atoms with van der Waals surface area (Å²) in [5.41, 5.74) is 7.31. The van der Waals surface area contributed by atoms with Crippen molar-refractivity contribution in [1.82, 2.24) is 0 Å². The minimum atomic E-state index is -0.443. The molecule has 100 valence electrons. The van der Waals surface area contributed by atoms with Gasteiger partial charge in [0.05, 0.1) is 0 Å². The molecule has 0 aliphatic heterocycles. The highest BCUT2D eigenvalue weighted by Gasteiger charge is 2.13. The van der Waals surface area contributed by atoms with Crippen LogP contribution < -0.4 is 11.1 Å². The monoisotopic (exact) mass is 250 g/mol. The van der Waals surface area contributed by atoms with Crippen molar-refractivity contribution in [2.24, 2.45) is 11.7 Å². The number of hydrogen-bond acceptors (Lipinski definition) is 3. The third-order valence-corrected chi connectivity index (χ3v) is 2.51. The van der Waals surface area contributed by atoms with Crippen molar-refractivity contribution in [3.05, 3.63) is 29.8 Å². The Morgan fingerprint density at radius 2 is 1.89 bits per heavy atom. The van der Waals surface area contributed by atoms with E-state index in [1.54, 1.807) is 6.92 Å².